The lowest BCUT2D eigenvalue weighted by atomic mass is 10.1. The van der Waals surface area contributed by atoms with Crippen molar-refractivity contribution >= 4 is 16.8 Å². The van der Waals surface area contributed by atoms with Crippen molar-refractivity contribution in [3.63, 3.8) is 0 Å². The molecular weight excluding hydrogens is 299 g/mol. The standard InChI is InChI=1S/C9H6ClF5N2O2/c10-7(18)3-1-5(19-9(13,14)15)17-6(8(11)12)4(3)2-16/h1,8H,2,16H2. The maximum absolute atomic E-state index is 12.7. The van der Waals surface area contributed by atoms with Gasteiger partial charge in [0.25, 0.3) is 11.7 Å². The van der Waals surface area contributed by atoms with Crippen molar-refractivity contribution in [3.8, 4) is 5.88 Å². The molecule has 0 aliphatic carbocycles. The molecular formula is C9H6ClF5N2O2. The average Bonchev–Trinajstić information content (AvgIpc) is 2.25. The molecule has 2 N–H and O–H groups in total. The minimum atomic E-state index is -5.14. The third-order valence-electron chi connectivity index (χ3n) is 1.98. The Morgan fingerprint density at radius 3 is 2.42 bits per heavy atom. The summed E-state index contributed by atoms with van der Waals surface area (Å²) in [5.74, 6) is -1.20. The van der Waals surface area contributed by atoms with Crippen molar-refractivity contribution in [1.82, 2.24) is 4.98 Å². The lowest BCUT2D eigenvalue weighted by Gasteiger charge is -2.14. The molecule has 0 aliphatic rings. The van der Waals surface area contributed by atoms with Crippen LogP contribution in [-0.4, -0.2) is 16.6 Å². The molecule has 4 nitrogen and oxygen atoms in total. The lowest BCUT2D eigenvalue weighted by molar-refractivity contribution is -0.276. The molecule has 0 bridgehead atoms. The Morgan fingerprint density at radius 2 is 2.05 bits per heavy atom. The summed E-state index contributed by atoms with van der Waals surface area (Å²) in [6, 6.07) is 0.511. The molecule has 1 heterocycles. The fourth-order valence-electron chi connectivity index (χ4n) is 1.31. The molecule has 10 heteroatoms. The zero-order valence-electron chi connectivity index (χ0n) is 8.97. The molecule has 1 aromatic heterocycles. The predicted octanol–water partition coefficient (Wildman–Crippen LogP) is 2.76. The Kier molecular flexibility index (Phi) is 4.64. The molecule has 0 radical (unpaired) electrons. The second-order valence-corrected chi connectivity index (χ2v) is 3.54. The van der Waals surface area contributed by atoms with Crippen LogP contribution in [-0.2, 0) is 6.54 Å². The van der Waals surface area contributed by atoms with Crippen LogP contribution in [0.2, 0.25) is 0 Å². The Morgan fingerprint density at radius 1 is 1.47 bits per heavy atom. The SMILES string of the molecule is NCc1c(C(=O)Cl)cc(OC(F)(F)F)nc1C(F)F. The Balaban J connectivity index is 3.41. The van der Waals surface area contributed by atoms with E-state index in [1.165, 1.54) is 0 Å². The highest BCUT2D eigenvalue weighted by atomic mass is 35.5. The van der Waals surface area contributed by atoms with Gasteiger partial charge < -0.3 is 10.5 Å². The highest BCUT2D eigenvalue weighted by Gasteiger charge is 2.33. The number of nitrogens with zero attached hydrogens (tertiary/aromatic N) is 1. The third kappa shape index (κ3) is 4.00. The zero-order chi connectivity index (χ0) is 14.8. The van der Waals surface area contributed by atoms with Gasteiger partial charge in [0.15, 0.2) is 0 Å². The van der Waals surface area contributed by atoms with E-state index >= 15 is 0 Å². The summed E-state index contributed by atoms with van der Waals surface area (Å²) in [4.78, 5) is 14.0. The molecule has 19 heavy (non-hydrogen) atoms. The van der Waals surface area contributed by atoms with Crippen molar-refractivity contribution in [2.24, 2.45) is 5.73 Å². The van der Waals surface area contributed by atoms with E-state index < -0.39 is 47.3 Å². The van der Waals surface area contributed by atoms with Crippen molar-refractivity contribution in [2.45, 2.75) is 19.3 Å². The van der Waals surface area contributed by atoms with Gasteiger partial charge in [0, 0.05) is 23.7 Å². The van der Waals surface area contributed by atoms with E-state index in [2.05, 4.69) is 9.72 Å². The van der Waals surface area contributed by atoms with Gasteiger partial charge in [-0.25, -0.2) is 13.8 Å². The number of hydrogen-bond acceptors (Lipinski definition) is 4. The largest absolute Gasteiger partial charge is 0.574 e. The molecule has 1 aromatic rings. The molecule has 106 valence electrons. The van der Waals surface area contributed by atoms with Crippen molar-refractivity contribution in [2.75, 3.05) is 0 Å². The van der Waals surface area contributed by atoms with Crippen molar-refractivity contribution in [3.05, 3.63) is 22.9 Å². The van der Waals surface area contributed by atoms with E-state index in [0.29, 0.717) is 6.07 Å². The molecule has 0 unspecified atom stereocenters. The first-order chi connectivity index (χ1) is 8.65. The first kappa shape index (κ1) is 15.6. The first-order valence-corrected chi connectivity index (χ1v) is 5.01. The summed E-state index contributed by atoms with van der Waals surface area (Å²) in [5.41, 5.74) is 3.05. The van der Waals surface area contributed by atoms with E-state index in [4.69, 9.17) is 17.3 Å². The van der Waals surface area contributed by atoms with Gasteiger partial charge in [-0.15, -0.1) is 13.2 Å². The van der Waals surface area contributed by atoms with Crippen LogP contribution in [0.3, 0.4) is 0 Å². The molecule has 1 rings (SSSR count). The highest BCUT2D eigenvalue weighted by Crippen LogP contribution is 2.30. The fourth-order valence-corrected chi connectivity index (χ4v) is 1.48. The normalized spacial score (nSPS) is 11.8. The van der Waals surface area contributed by atoms with E-state index in [-0.39, 0.29) is 0 Å². The first-order valence-electron chi connectivity index (χ1n) is 4.63. The van der Waals surface area contributed by atoms with Crippen LogP contribution in [0.15, 0.2) is 6.07 Å². The monoisotopic (exact) mass is 304 g/mol. The number of carbonyl (C=O) groups is 1. The third-order valence-corrected chi connectivity index (χ3v) is 2.18. The van der Waals surface area contributed by atoms with Crippen LogP contribution in [0.1, 0.15) is 28.0 Å². The van der Waals surface area contributed by atoms with E-state index in [1.54, 1.807) is 0 Å². The summed E-state index contributed by atoms with van der Waals surface area (Å²) in [5, 5.41) is -1.24. The van der Waals surface area contributed by atoms with Gasteiger partial charge in [-0.3, -0.25) is 4.79 Å². The molecule has 0 aromatic carbocycles. The summed E-state index contributed by atoms with van der Waals surface area (Å²) >= 11 is 5.10. The molecule has 0 atom stereocenters. The number of nitrogens with two attached hydrogens (primary N) is 1. The van der Waals surface area contributed by atoms with Crippen molar-refractivity contribution in [1.29, 1.82) is 0 Å². The summed E-state index contributed by atoms with van der Waals surface area (Å²) < 4.78 is 64.7. The minimum absolute atomic E-state index is 0.426. The molecule has 0 fully saturated rings. The summed E-state index contributed by atoms with van der Waals surface area (Å²) in [7, 11) is 0. The average molecular weight is 305 g/mol. The quantitative estimate of drug-likeness (QED) is 0.686. The topological polar surface area (TPSA) is 65.2 Å². The van der Waals surface area contributed by atoms with Crippen LogP contribution in [0.4, 0.5) is 22.0 Å². The fraction of sp³-hybridized carbons (Fsp3) is 0.333. The molecule has 0 spiro atoms. The summed E-state index contributed by atoms with van der Waals surface area (Å²) in [6.45, 7) is -0.535. The number of halogens is 6. The van der Waals surface area contributed by atoms with Gasteiger partial charge in [-0.1, -0.05) is 0 Å². The number of carbonyl (C=O) groups excluding carboxylic acids is 1. The number of hydrogen-bond donors (Lipinski definition) is 1. The van der Waals surface area contributed by atoms with Crippen LogP contribution < -0.4 is 10.5 Å². The number of ether oxygens (including phenoxy) is 1. The van der Waals surface area contributed by atoms with Gasteiger partial charge in [0.1, 0.15) is 5.69 Å². The number of alkyl halides is 5. The second kappa shape index (κ2) is 5.66. The second-order valence-electron chi connectivity index (χ2n) is 3.20. The Bertz CT molecular complexity index is 492. The van der Waals surface area contributed by atoms with Gasteiger partial charge in [0.2, 0.25) is 5.88 Å². The smallest absolute Gasteiger partial charge is 0.388 e. The highest BCUT2D eigenvalue weighted by molar-refractivity contribution is 6.68. The van der Waals surface area contributed by atoms with E-state index in [1.807, 2.05) is 0 Å². The minimum Gasteiger partial charge on any atom is -0.388 e. The van der Waals surface area contributed by atoms with Gasteiger partial charge in [-0.05, 0) is 11.6 Å². The van der Waals surface area contributed by atoms with Crippen molar-refractivity contribution < 1.29 is 31.5 Å². The van der Waals surface area contributed by atoms with E-state index in [9.17, 15) is 26.7 Å². The molecule has 0 aliphatic heterocycles. The Labute approximate surface area is 108 Å². The lowest BCUT2D eigenvalue weighted by Crippen LogP contribution is -2.20. The van der Waals surface area contributed by atoms with Crippen LogP contribution >= 0.6 is 11.6 Å². The maximum atomic E-state index is 12.7. The summed E-state index contributed by atoms with van der Waals surface area (Å²) in [6.07, 6.45) is -8.37. The van der Waals surface area contributed by atoms with Gasteiger partial charge >= 0.3 is 6.36 Å². The van der Waals surface area contributed by atoms with Crippen LogP contribution in [0.5, 0.6) is 5.88 Å². The van der Waals surface area contributed by atoms with Crippen LogP contribution in [0.25, 0.3) is 0 Å². The number of aromatic nitrogens is 1. The van der Waals surface area contributed by atoms with Crippen LogP contribution in [0, 0.1) is 0 Å². The number of rotatable bonds is 4. The maximum Gasteiger partial charge on any atom is 0.574 e. The molecule has 0 amide bonds. The molecule has 0 saturated heterocycles. The molecule has 0 saturated carbocycles. The predicted molar refractivity (Wildman–Crippen MR) is 54.0 cm³/mol. The van der Waals surface area contributed by atoms with Gasteiger partial charge in [-0.2, -0.15) is 0 Å². The number of pyridine rings is 1. The Hall–Kier alpha value is -1.48. The zero-order valence-corrected chi connectivity index (χ0v) is 9.73. The van der Waals surface area contributed by atoms with Gasteiger partial charge in [0.05, 0.1) is 0 Å². The van der Waals surface area contributed by atoms with E-state index in [0.717, 1.165) is 0 Å².